The molecule has 78 valence electrons. The van der Waals surface area contributed by atoms with Crippen LogP contribution in [-0.4, -0.2) is 43.3 Å². The number of piperidine rings is 1. The molecular formula is C11H19N3. The van der Waals surface area contributed by atoms with E-state index in [0.717, 1.165) is 6.42 Å². The minimum absolute atomic E-state index is 0.515. The lowest BCUT2D eigenvalue weighted by molar-refractivity contribution is 0.230. The van der Waals surface area contributed by atoms with E-state index in [2.05, 4.69) is 28.3 Å². The van der Waals surface area contributed by atoms with Crippen LogP contribution in [-0.2, 0) is 0 Å². The highest BCUT2D eigenvalue weighted by Gasteiger charge is 2.18. The van der Waals surface area contributed by atoms with Crippen molar-refractivity contribution in [2.45, 2.75) is 31.3 Å². The van der Waals surface area contributed by atoms with Gasteiger partial charge in [0.1, 0.15) is 0 Å². The van der Waals surface area contributed by atoms with Crippen LogP contribution in [0.4, 0.5) is 0 Å². The molecule has 2 aliphatic rings. The molecule has 1 N–H and O–H groups in total. The van der Waals surface area contributed by atoms with Crippen LogP contribution in [0.5, 0.6) is 0 Å². The van der Waals surface area contributed by atoms with Crippen LogP contribution in [0.3, 0.4) is 0 Å². The Morgan fingerprint density at radius 2 is 2.14 bits per heavy atom. The number of hydrogen-bond donors (Lipinski definition) is 1. The number of rotatable bonds is 2. The Morgan fingerprint density at radius 1 is 1.36 bits per heavy atom. The minimum atomic E-state index is 0.515. The summed E-state index contributed by atoms with van der Waals surface area (Å²) < 4.78 is 0. The van der Waals surface area contributed by atoms with Crippen LogP contribution in [0.2, 0.25) is 0 Å². The van der Waals surface area contributed by atoms with E-state index in [1.54, 1.807) is 0 Å². The smallest absolute Gasteiger partial charge is 0.0319 e. The van der Waals surface area contributed by atoms with Crippen LogP contribution in [0.1, 0.15) is 19.3 Å². The predicted octanol–water partition coefficient (Wildman–Crippen LogP) is 1.03. The van der Waals surface area contributed by atoms with E-state index in [-0.39, 0.29) is 0 Å². The van der Waals surface area contributed by atoms with Gasteiger partial charge in [-0.05, 0) is 39.1 Å². The summed E-state index contributed by atoms with van der Waals surface area (Å²) in [7, 11) is 2.20. The second kappa shape index (κ2) is 4.71. The van der Waals surface area contributed by atoms with Crippen molar-refractivity contribution in [3.63, 3.8) is 0 Å². The van der Waals surface area contributed by atoms with Crippen LogP contribution in [0.15, 0.2) is 17.3 Å². The second-order valence-electron chi connectivity index (χ2n) is 4.26. The third kappa shape index (κ3) is 2.66. The van der Waals surface area contributed by atoms with E-state index in [0.29, 0.717) is 12.1 Å². The molecule has 0 spiro atoms. The number of likely N-dealkylation sites (tertiary alicyclic amines) is 1. The fourth-order valence-electron chi connectivity index (χ4n) is 2.07. The molecule has 0 bridgehead atoms. The molecule has 3 nitrogen and oxygen atoms in total. The Morgan fingerprint density at radius 3 is 2.79 bits per heavy atom. The molecule has 0 amide bonds. The molecule has 1 unspecified atom stereocenters. The summed E-state index contributed by atoms with van der Waals surface area (Å²) in [6.07, 6.45) is 9.65. The molecule has 2 aliphatic heterocycles. The first-order chi connectivity index (χ1) is 6.84. The lowest BCUT2D eigenvalue weighted by Gasteiger charge is -2.31. The molecule has 0 saturated carbocycles. The van der Waals surface area contributed by atoms with Crippen molar-refractivity contribution in [3.8, 4) is 0 Å². The number of nitrogens with zero attached hydrogens (tertiary/aromatic N) is 2. The van der Waals surface area contributed by atoms with E-state index in [4.69, 9.17) is 0 Å². The highest BCUT2D eigenvalue weighted by atomic mass is 15.1. The number of nitrogens with one attached hydrogen (secondary N) is 1. The average molecular weight is 193 g/mol. The monoisotopic (exact) mass is 193 g/mol. The number of hydrogen-bond acceptors (Lipinski definition) is 3. The van der Waals surface area contributed by atoms with Gasteiger partial charge in [0.15, 0.2) is 0 Å². The highest BCUT2D eigenvalue weighted by Crippen LogP contribution is 2.10. The minimum Gasteiger partial charge on any atom is -0.307 e. The summed E-state index contributed by atoms with van der Waals surface area (Å²) >= 11 is 0. The third-order valence-corrected chi connectivity index (χ3v) is 3.04. The third-order valence-electron chi connectivity index (χ3n) is 3.04. The Labute approximate surface area is 85.9 Å². The van der Waals surface area contributed by atoms with Crippen LogP contribution in [0.25, 0.3) is 0 Å². The van der Waals surface area contributed by atoms with Crippen LogP contribution < -0.4 is 5.32 Å². The maximum atomic E-state index is 4.08. The molecule has 3 heteroatoms. The van der Waals surface area contributed by atoms with Gasteiger partial charge in [-0.15, -0.1) is 0 Å². The van der Waals surface area contributed by atoms with Crippen molar-refractivity contribution >= 4 is 6.21 Å². The summed E-state index contributed by atoms with van der Waals surface area (Å²) in [5, 5.41) is 3.67. The molecule has 1 fully saturated rings. The predicted molar refractivity (Wildman–Crippen MR) is 59.7 cm³/mol. The normalized spacial score (nSPS) is 29.6. The van der Waals surface area contributed by atoms with Gasteiger partial charge in [0.05, 0.1) is 0 Å². The first-order valence-electron chi connectivity index (χ1n) is 5.47. The average Bonchev–Trinajstić information content (AvgIpc) is 2.23. The number of aliphatic imine (C=N–C) groups is 1. The second-order valence-corrected chi connectivity index (χ2v) is 4.26. The Bertz CT molecular complexity index is 227. The SMILES string of the molecule is CN1CCC(NC2C=CN=CC2)CC1. The van der Waals surface area contributed by atoms with Crippen LogP contribution >= 0.6 is 0 Å². The van der Waals surface area contributed by atoms with E-state index < -0.39 is 0 Å². The Kier molecular flexibility index (Phi) is 3.32. The van der Waals surface area contributed by atoms with Crippen LogP contribution in [0, 0.1) is 0 Å². The van der Waals surface area contributed by atoms with Crippen molar-refractivity contribution in [2.75, 3.05) is 20.1 Å². The summed E-state index contributed by atoms with van der Waals surface area (Å²) in [6, 6.07) is 1.22. The molecule has 0 radical (unpaired) electrons. The summed E-state index contributed by atoms with van der Waals surface area (Å²) in [5.74, 6) is 0. The lowest BCUT2D eigenvalue weighted by Crippen LogP contribution is -2.44. The van der Waals surface area contributed by atoms with Crippen molar-refractivity contribution in [3.05, 3.63) is 12.3 Å². The highest BCUT2D eigenvalue weighted by molar-refractivity contribution is 5.60. The van der Waals surface area contributed by atoms with E-state index in [9.17, 15) is 0 Å². The topological polar surface area (TPSA) is 27.6 Å². The van der Waals surface area contributed by atoms with Gasteiger partial charge in [0.2, 0.25) is 0 Å². The van der Waals surface area contributed by atoms with Gasteiger partial charge in [-0.2, -0.15) is 0 Å². The van der Waals surface area contributed by atoms with Gasteiger partial charge < -0.3 is 10.2 Å². The Balaban J connectivity index is 1.75. The van der Waals surface area contributed by atoms with E-state index >= 15 is 0 Å². The van der Waals surface area contributed by atoms with Crippen molar-refractivity contribution in [2.24, 2.45) is 4.99 Å². The molecule has 2 rings (SSSR count). The van der Waals surface area contributed by atoms with Gasteiger partial charge in [0, 0.05) is 30.9 Å². The molecule has 0 aromatic heterocycles. The fraction of sp³-hybridized carbons (Fsp3) is 0.727. The first-order valence-corrected chi connectivity index (χ1v) is 5.47. The fourth-order valence-corrected chi connectivity index (χ4v) is 2.07. The maximum absolute atomic E-state index is 4.08. The summed E-state index contributed by atoms with van der Waals surface area (Å²) in [5.41, 5.74) is 0. The van der Waals surface area contributed by atoms with Crippen molar-refractivity contribution in [1.29, 1.82) is 0 Å². The zero-order valence-electron chi connectivity index (χ0n) is 8.82. The van der Waals surface area contributed by atoms with Gasteiger partial charge in [-0.25, -0.2) is 0 Å². The zero-order valence-corrected chi connectivity index (χ0v) is 8.82. The van der Waals surface area contributed by atoms with Gasteiger partial charge >= 0.3 is 0 Å². The molecule has 2 heterocycles. The lowest BCUT2D eigenvalue weighted by atomic mass is 10.0. The van der Waals surface area contributed by atoms with Crippen molar-refractivity contribution < 1.29 is 0 Å². The molecule has 0 aliphatic carbocycles. The largest absolute Gasteiger partial charge is 0.307 e. The van der Waals surface area contributed by atoms with E-state index in [1.165, 1.54) is 25.9 Å². The molecule has 14 heavy (non-hydrogen) atoms. The summed E-state index contributed by atoms with van der Waals surface area (Å²) in [6.45, 7) is 2.45. The zero-order chi connectivity index (χ0) is 9.80. The van der Waals surface area contributed by atoms with Gasteiger partial charge in [-0.3, -0.25) is 4.99 Å². The summed E-state index contributed by atoms with van der Waals surface area (Å²) in [4.78, 5) is 6.48. The Hall–Kier alpha value is -0.670. The van der Waals surface area contributed by atoms with Gasteiger partial charge in [-0.1, -0.05) is 0 Å². The first kappa shape index (κ1) is 9.87. The standard InChI is InChI=1S/C11H19N3/c1-14-8-4-11(5-9-14)13-10-2-6-12-7-3-10/h2,6-7,10-11,13H,3-5,8-9H2,1H3. The molecule has 0 aromatic rings. The molecular weight excluding hydrogens is 174 g/mol. The molecule has 1 saturated heterocycles. The molecule has 0 aromatic carbocycles. The quantitative estimate of drug-likeness (QED) is 0.709. The maximum Gasteiger partial charge on any atom is 0.0319 e. The van der Waals surface area contributed by atoms with Crippen molar-refractivity contribution in [1.82, 2.24) is 10.2 Å². The van der Waals surface area contributed by atoms with E-state index in [1.807, 2.05) is 12.4 Å². The van der Waals surface area contributed by atoms with Gasteiger partial charge in [0.25, 0.3) is 0 Å². The molecule has 1 atom stereocenters.